The topological polar surface area (TPSA) is 108 Å². The third-order valence-electron chi connectivity index (χ3n) is 9.70. The van der Waals surface area contributed by atoms with Crippen LogP contribution in [0.15, 0.2) is 24.3 Å². The van der Waals surface area contributed by atoms with Gasteiger partial charge in [0.1, 0.15) is 19.8 Å². The summed E-state index contributed by atoms with van der Waals surface area (Å²) in [5.41, 5.74) is 0. The van der Waals surface area contributed by atoms with Crippen LogP contribution in [0.1, 0.15) is 200 Å². The fourth-order valence-corrected chi connectivity index (χ4v) is 6.86. The number of esters is 2. The van der Waals surface area contributed by atoms with Gasteiger partial charge in [0.25, 0.3) is 0 Å². The van der Waals surface area contributed by atoms with Crippen LogP contribution in [0.5, 0.6) is 0 Å². The van der Waals surface area contributed by atoms with Crippen LogP contribution in [-0.4, -0.2) is 74.9 Å². The zero-order valence-corrected chi connectivity index (χ0v) is 37.3. The Morgan fingerprint density at radius 1 is 0.545 bits per heavy atom. The summed E-state index contributed by atoms with van der Waals surface area (Å²) in [5.74, 6) is -0.809. The number of carbonyl (C=O) groups is 2. The van der Waals surface area contributed by atoms with Crippen molar-refractivity contribution >= 4 is 19.8 Å². The van der Waals surface area contributed by atoms with Gasteiger partial charge < -0.3 is 18.9 Å². The van der Waals surface area contributed by atoms with Crippen LogP contribution in [0.25, 0.3) is 0 Å². The molecule has 2 atom stereocenters. The molecule has 0 spiro atoms. The van der Waals surface area contributed by atoms with Crippen molar-refractivity contribution in [1.82, 2.24) is 0 Å². The van der Waals surface area contributed by atoms with Crippen LogP contribution >= 0.6 is 7.82 Å². The smallest absolute Gasteiger partial charge is 0.462 e. The maximum Gasteiger partial charge on any atom is 0.472 e. The lowest BCUT2D eigenvalue weighted by atomic mass is 10.1. The second-order valence-corrected chi connectivity index (χ2v) is 17.9. The first-order valence-corrected chi connectivity index (χ1v) is 24.1. The van der Waals surface area contributed by atoms with Gasteiger partial charge in [0.2, 0.25) is 0 Å². The van der Waals surface area contributed by atoms with E-state index in [-0.39, 0.29) is 32.0 Å². The van der Waals surface area contributed by atoms with E-state index in [4.69, 9.17) is 18.5 Å². The molecule has 0 saturated heterocycles. The summed E-state index contributed by atoms with van der Waals surface area (Å²) in [6.45, 7) is 4.41. The van der Waals surface area contributed by atoms with Crippen LogP contribution in [0, 0.1) is 0 Å². The Labute approximate surface area is 339 Å². The Morgan fingerprint density at radius 3 is 1.35 bits per heavy atom. The highest BCUT2D eigenvalue weighted by atomic mass is 31.2. The molecule has 324 valence electrons. The molecule has 0 saturated carbocycles. The molecule has 0 fully saturated rings. The molecular weight excluding hydrogens is 713 g/mol. The van der Waals surface area contributed by atoms with E-state index in [1.54, 1.807) is 0 Å². The lowest BCUT2D eigenvalue weighted by Gasteiger charge is -2.24. The largest absolute Gasteiger partial charge is 0.472 e. The first-order chi connectivity index (χ1) is 26.5. The number of rotatable bonds is 41. The number of carbonyl (C=O) groups excluding carboxylic acids is 2. The minimum Gasteiger partial charge on any atom is -0.462 e. The number of phosphoric ester groups is 1. The van der Waals surface area contributed by atoms with E-state index >= 15 is 0 Å². The van der Waals surface area contributed by atoms with E-state index in [9.17, 15) is 19.0 Å². The molecule has 55 heavy (non-hydrogen) atoms. The maximum absolute atomic E-state index is 12.7. The number of nitrogens with zero attached hydrogens (tertiary/aromatic N) is 1. The maximum atomic E-state index is 12.7. The molecule has 0 radical (unpaired) electrons. The number of likely N-dealkylation sites (N-methyl/N-ethyl adjacent to an activating group) is 1. The van der Waals surface area contributed by atoms with E-state index in [1.165, 1.54) is 103 Å². The van der Waals surface area contributed by atoms with Crippen molar-refractivity contribution in [2.75, 3.05) is 47.5 Å². The molecule has 1 unspecified atom stereocenters. The second kappa shape index (κ2) is 38.0. The van der Waals surface area contributed by atoms with Gasteiger partial charge in [-0.25, -0.2) is 4.57 Å². The van der Waals surface area contributed by atoms with Crippen molar-refractivity contribution in [2.45, 2.75) is 206 Å². The van der Waals surface area contributed by atoms with Crippen LogP contribution in [-0.2, 0) is 32.7 Å². The molecule has 0 aliphatic rings. The average Bonchev–Trinajstić information content (AvgIpc) is 3.13. The Bertz CT molecular complexity index is 996. The van der Waals surface area contributed by atoms with E-state index in [0.29, 0.717) is 17.4 Å². The van der Waals surface area contributed by atoms with Crippen LogP contribution in [0.2, 0.25) is 0 Å². The molecule has 0 rings (SSSR count). The summed E-state index contributed by atoms with van der Waals surface area (Å²) in [4.78, 5) is 35.4. The number of quaternary nitrogens is 1. The van der Waals surface area contributed by atoms with Gasteiger partial charge >= 0.3 is 19.8 Å². The van der Waals surface area contributed by atoms with Crippen LogP contribution in [0.3, 0.4) is 0 Å². The Morgan fingerprint density at radius 2 is 0.927 bits per heavy atom. The minimum absolute atomic E-state index is 0.0307. The molecule has 0 heterocycles. The highest BCUT2D eigenvalue weighted by Gasteiger charge is 2.27. The molecule has 0 aliphatic heterocycles. The second-order valence-electron chi connectivity index (χ2n) is 16.4. The summed E-state index contributed by atoms with van der Waals surface area (Å²) in [6, 6.07) is 0. The number of ether oxygens (including phenoxy) is 2. The van der Waals surface area contributed by atoms with Gasteiger partial charge in [0.15, 0.2) is 6.10 Å². The van der Waals surface area contributed by atoms with Crippen LogP contribution < -0.4 is 0 Å². The number of phosphoric acid groups is 1. The van der Waals surface area contributed by atoms with Crippen molar-refractivity contribution in [2.24, 2.45) is 0 Å². The van der Waals surface area contributed by atoms with Crippen molar-refractivity contribution < 1.29 is 42.1 Å². The predicted molar refractivity (Wildman–Crippen MR) is 229 cm³/mol. The SMILES string of the molecule is CCCCCCC/C=C\CCCCCCCC(=O)OC[C@H](COP(=O)(O)OCC[N+](C)(C)C)OC(=O)CCCCCCCCC/C=C\CCCCCCCC. The van der Waals surface area contributed by atoms with Crippen molar-refractivity contribution in [3.8, 4) is 0 Å². The Hall–Kier alpha value is -1.51. The number of unbranched alkanes of at least 4 members (excludes halogenated alkanes) is 23. The van der Waals surface area contributed by atoms with E-state index in [2.05, 4.69) is 38.2 Å². The van der Waals surface area contributed by atoms with Crippen molar-refractivity contribution in [3.63, 3.8) is 0 Å². The average molecular weight is 801 g/mol. The summed E-state index contributed by atoms with van der Waals surface area (Å²) in [6.07, 6.45) is 40.7. The fourth-order valence-electron chi connectivity index (χ4n) is 6.12. The van der Waals surface area contributed by atoms with Gasteiger partial charge in [0, 0.05) is 12.8 Å². The quantitative estimate of drug-likeness (QED) is 0.0214. The molecule has 0 aliphatic carbocycles. The Kier molecular flexibility index (Phi) is 37.0. The molecule has 0 amide bonds. The summed E-state index contributed by atoms with van der Waals surface area (Å²) in [7, 11) is 1.47. The first-order valence-electron chi connectivity index (χ1n) is 22.6. The lowest BCUT2D eigenvalue weighted by Crippen LogP contribution is -2.37. The summed E-state index contributed by atoms with van der Waals surface area (Å²) >= 11 is 0. The van der Waals surface area contributed by atoms with E-state index in [1.807, 2.05) is 21.1 Å². The molecule has 0 aromatic rings. The van der Waals surface area contributed by atoms with Gasteiger partial charge in [-0.15, -0.1) is 0 Å². The zero-order valence-electron chi connectivity index (χ0n) is 36.4. The molecule has 0 bridgehead atoms. The normalized spacial score (nSPS) is 13.8. The molecule has 9 nitrogen and oxygen atoms in total. The standard InChI is InChI=1S/C45H86NO8P/c1-6-8-10-12-14-16-18-20-22-23-24-26-28-30-32-34-36-38-45(48)54-43(42-53-55(49,50)52-40-39-46(3,4)5)41-51-44(47)37-35-33-31-29-27-25-21-19-17-15-13-11-9-7-2/h19-22,43H,6-18,23-42H2,1-5H3/p+1/b21-19-,22-20-/t43-/m1/s1. The van der Waals surface area contributed by atoms with Crippen molar-refractivity contribution in [1.29, 1.82) is 0 Å². The summed E-state index contributed by atoms with van der Waals surface area (Å²) in [5, 5.41) is 0. The zero-order chi connectivity index (χ0) is 40.7. The van der Waals surface area contributed by atoms with E-state index in [0.717, 1.165) is 64.2 Å². The molecule has 0 aromatic carbocycles. The van der Waals surface area contributed by atoms with Gasteiger partial charge in [-0.2, -0.15) is 0 Å². The third kappa shape index (κ3) is 41.9. The lowest BCUT2D eigenvalue weighted by molar-refractivity contribution is -0.870. The first kappa shape index (κ1) is 53.5. The highest BCUT2D eigenvalue weighted by molar-refractivity contribution is 7.47. The van der Waals surface area contributed by atoms with Crippen LogP contribution in [0.4, 0.5) is 0 Å². The number of hydrogen-bond acceptors (Lipinski definition) is 7. The molecule has 1 N–H and O–H groups in total. The molecular formula is C45H87NO8P+. The number of hydrogen-bond donors (Lipinski definition) is 1. The molecule has 10 heteroatoms. The fraction of sp³-hybridized carbons (Fsp3) is 0.867. The van der Waals surface area contributed by atoms with E-state index < -0.39 is 26.5 Å². The van der Waals surface area contributed by atoms with Gasteiger partial charge in [-0.05, 0) is 64.2 Å². The monoisotopic (exact) mass is 801 g/mol. The van der Waals surface area contributed by atoms with Gasteiger partial charge in [0.05, 0.1) is 27.7 Å². The third-order valence-corrected chi connectivity index (χ3v) is 10.7. The number of allylic oxidation sites excluding steroid dienone is 4. The Balaban J connectivity index is 4.35. The minimum atomic E-state index is -4.37. The summed E-state index contributed by atoms with van der Waals surface area (Å²) < 4.78 is 34.3. The van der Waals surface area contributed by atoms with Gasteiger partial charge in [-0.1, -0.05) is 147 Å². The highest BCUT2D eigenvalue weighted by Crippen LogP contribution is 2.43. The van der Waals surface area contributed by atoms with Gasteiger partial charge in [-0.3, -0.25) is 18.6 Å². The van der Waals surface area contributed by atoms with Crippen molar-refractivity contribution in [3.05, 3.63) is 24.3 Å². The molecule has 0 aromatic heterocycles. The predicted octanol–water partition coefficient (Wildman–Crippen LogP) is 12.7.